The summed E-state index contributed by atoms with van der Waals surface area (Å²) in [7, 11) is 0. The van der Waals surface area contributed by atoms with Crippen LogP contribution in [0.3, 0.4) is 0 Å². The Morgan fingerprint density at radius 1 is 1.42 bits per heavy atom. The van der Waals surface area contributed by atoms with E-state index < -0.39 is 12.3 Å². The minimum Gasteiger partial charge on any atom is -0.466 e. The molecule has 0 bridgehead atoms. The van der Waals surface area contributed by atoms with Gasteiger partial charge in [0.05, 0.1) is 12.5 Å². The second-order valence-electron chi connectivity index (χ2n) is 4.71. The van der Waals surface area contributed by atoms with Crippen LogP contribution >= 0.6 is 0 Å². The van der Waals surface area contributed by atoms with Crippen molar-refractivity contribution in [1.29, 1.82) is 0 Å². The van der Waals surface area contributed by atoms with Gasteiger partial charge in [0.1, 0.15) is 0 Å². The highest BCUT2D eigenvalue weighted by molar-refractivity contribution is 5.72. The molecule has 4 nitrogen and oxygen atoms in total. The molecule has 0 aromatic rings. The van der Waals surface area contributed by atoms with Crippen LogP contribution in [-0.4, -0.2) is 54.5 Å². The second kappa shape index (κ2) is 7.09. The molecule has 0 amide bonds. The molecule has 7 heteroatoms. The maximum atomic E-state index is 12.1. The van der Waals surface area contributed by atoms with Gasteiger partial charge in [0.2, 0.25) is 0 Å². The van der Waals surface area contributed by atoms with E-state index in [1.54, 1.807) is 6.92 Å². The summed E-state index contributed by atoms with van der Waals surface area (Å²) in [5, 5.41) is 8.90. The zero-order valence-corrected chi connectivity index (χ0v) is 10.9. The number of ether oxygens (including phenoxy) is 1. The lowest BCUT2D eigenvalue weighted by molar-refractivity contribution is -0.206. The molecule has 1 fully saturated rings. The van der Waals surface area contributed by atoms with Crippen molar-refractivity contribution >= 4 is 5.97 Å². The van der Waals surface area contributed by atoms with E-state index in [1.165, 1.54) is 0 Å². The van der Waals surface area contributed by atoms with Crippen molar-refractivity contribution in [2.75, 3.05) is 26.2 Å². The minimum absolute atomic E-state index is 0.149. The highest BCUT2D eigenvalue weighted by Crippen LogP contribution is 2.24. The molecule has 19 heavy (non-hydrogen) atoms. The maximum Gasteiger partial charge on any atom is 0.414 e. The van der Waals surface area contributed by atoms with Crippen LogP contribution in [0.2, 0.25) is 0 Å². The van der Waals surface area contributed by atoms with Crippen molar-refractivity contribution in [3.05, 3.63) is 0 Å². The van der Waals surface area contributed by atoms with Gasteiger partial charge in [-0.05, 0) is 39.3 Å². The number of hydrogen-bond donors (Lipinski definition) is 1. The molecule has 1 heterocycles. The lowest BCUT2D eigenvalue weighted by Crippen LogP contribution is -2.40. The number of halogens is 3. The summed E-state index contributed by atoms with van der Waals surface area (Å²) in [6.07, 6.45) is -5.95. The van der Waals surface area contributed by atoms with Gasteiger partial charge in [-0.25, -0.2) is 0 Å². The molecule has 1 N–H and O–H groups in total. The van der Waals surface area contributed by atoms with Crippen LogP contribution in [0, 0.1) is 5.92 Å². The molecule has 0 aliphatic carbocycles. The molecule has 1 atom stereocenters. The van der Waals surface area contributed by atoms with Crippen LogP contribution in [0.5, 0.6) is 0 Å². The Labute approximate surface area is 110 Å². The number of likely N-dealkylation sites (tertiary alicyclic amines) is 1. The van der Waals surface area contributed by atoms with Crippen LogP contribution < -0.4 is 0 Å². The number of piperidine rings is 1. The first-order chi connectivity index (χ1) is 8.84. The molecule has 1 rings (SSSR count). The Balaban J connectivity index is 2.25. The smallest absolute Gasteiger partial charge is 0.414 e. The number of alkyl halides is 3. The van der Waals surface area contributed by atoms with Gasteiger partial charge in [0, 0.05) is 6.54 Å². The normalized spacial score (nSPS) is 20.3. The monoisotopic (exact) mass is 283 g/mol. The van der Waals surface area contributed by atoms with Crippen molar-refractivity contribution in [1.82, 2.24) is 4.90 Å². The molecular weight excluding hydrogens is 263 g/mol. The number of carbonyl (C=O) groups is 1. The van der Waals surface area contributed by atoms with Crippen LogP contribution in [0.25, 0.3) is 0 Å². The molecule has 0 aromatic carbocycles. The fourth-order valence-electron chi connectivity index (χ4n) is 2.12. The molecule has 1 aliphatic heterocycles. The Bertz CT molecular complexity index is 288. The van der Waals surface area contributed by atoms with Gasteiger partial charge < -0.3 is 14.7 Å². The van der Waals surface area contributed by atoms with Gasteiger partial charge in [-0.3, -0.25) is 4.79 Å². The van der Waals surface area contributed by atoms with Crippen LogP contribution in [0.1, 0.15) is 26.2 Å². The van der Waals surface area contributed by atoms with Crippen LogP contribution in [-0.2, 0) is 9.53 Å². The molecule has 0 saturated carbocycles. The van der Waals surface area contributed by atoms with E-state index in [1.807, 2.05) is 4.90 Å². The largest absolute Gasteiger partial charge is 0.466 e. The molecule has 0 radical (unpaired) electrons. The van der Waals surface area contributed by atoms with Gasteiger partial charge in [-0.2, -0.15) is 13.2 Å². The zero-order valence-electron chi connectivity index (χ0n) is 10.9. The number of nitrogens with zero attached hydrogens (tertiary/aromatic N) is 1. The van der Waals surface area contributed by atoms with Gasteiger partial charge in [0.25, 0.3) is 0 Å². The number of esters is 1. The van der Waals surface area contributed by atoms with E-state index >= 15 is 0 Å². The molecule has 0 aromatic heterocycles. The van der Waals surface area contributed by atoms with Crippen molar-refractivity contribution < 1.29 is 27.8 Å². The Morgan fingerprint density at radius 3 is 2.47 bits per heavy atom. The highest BCUT2D eigenvalue weighted by Gasteiger charge is 2.38. The third-order valence-corrected chi connectivity index (χ3v) is 3.30. The maximum absolute atomic E-state index is 12.1. The number of aliphatic hydroxyl groups excluding tert-OH is 1. The molecule has 112 valence electrons. The first-order valence-electron chi connectivity index (χ1n) is 6.48. The first-order valence-corrected chi connectivity index (χ1v) is 6.48. The summed E-state index contributed by atoms with van der Waals surface area (Å²) in [6.45, 7) is 3.40. The Kier molecular flexibility index (Phi) is 6.06. The lowest BCUT2D eigenvalue weighted by Gasteiger charge is -2.31. The summed E-state index contributed by atoms with van der Waals surface area (Å²) < 4.78 is 41.3. The Hall–Kier alpha value is -0.820. The van der Waals surface area contributed by atoms with E-state index in [4.69, 9.17) is 9.84 Å². The summed E-state index contributed by atoms with van der Waals surface area (Å²) >= 11 is 0. The van der Waals surface area contributed by atoms with Gasteiger partial charge in [-0.1, -0.05) is 0 Å². The molecular formula is C12H20F3NO3. The average Bonchev–Trinajstić information content (AvgIpc) is 2.35. The van der Waals surface area contributed by atoms with E-state index in [-0.39, 0.29) is 24.9 Å². The zero-order chi connectivity index (χ0) is 14.5. The third kappa shape index (κ3) is 5.36. The summed E-state index contributed by atoms with van der Waals surface area (Å²) in [5.41, 5.74) is 0. The second-order valence-corrected chi connectivity index (χ2v) is 4.71. The van der Waals surface area contributed by atoms with Crippen molar-refractivity contribution in [3.8, 4) is 0 Å². The number of rotatable bonds is 5. The SMILES string of the molecule is CCOC(=O)C1CCN(CC[C@H](O)C(F)(F)F)CC1. The highest BCUT2D eigenvalue weighted by atomic mass is 19.4. The summed E-state index contributed by atoms with van der Waals surface area (Å²) in [6, 6.07) is 0. The predicted molar refractivity (Wildman–Crippen MR) is 62.5 cm³/mol. The standard InChI is InChI=1S/C12H20F3NO3/c1-2-19-11(18)9-3-6-16(7-4-9)8-5-10(17)12(13,14)15/h9-10,17H,2-8H2,1H3/t10-/m0/s1. The third-order valence-electron chi connectivity index (χ3n) is 3.30. The predicted octanol–water partition coefficient (Wildman–Crippen LogP) is 1.57. The fourth-order valence-corrected chi connectivity index (χ4v) is 2.12. The van der Waals surface area contributed by atoms with E-state index in [0.717, 1.165) is 0 Å². The number of hydrogen-bond acceptors (Lipinski definition) is 4. The van der Waals surface area contributed by atoms with Gasteiger partial charge in [-0.15, -0.1) is 0 Å². The van der Waals surface area contributed by atoms with Crippen molar-refractivity contribution in [2.24, 2.45) is 5.92 Å². The fraction of sp³-hybridized carbons (Fsp3) is 0.917. The van der Waals surface area contributed by atoms with Gasteiger partial charge >= 0.3 is 12.1 Å². The molecule has 0 unspecified atom stereocenters. The minimum atomic E-state index is -4.55. The lowest BCUT2D eigenvalue weighted by atomic mass is 9.97. The average molecular weight is 283 g/mol. The molecule has 1 saturated heterocycles. The molecule has 0 spiro atoms. The van der Waals surface area contributed by atoms with Crippen molar-refractivity contribution in [3.63, 3.8) is 0 Å². The number of carbonyl (C=O) groups excluding carboxylic acids is 1. The number of aliphatic hydroxyl groups is 1. The van der Waals surface area contributed by atoms with Crippen LogP contribution in [0.15, 0.2) is 0 Å². The van der Waals surface area contributed by atoms with E-state index in [0.29, 0.717) is 32.5 Å². The quantitative estimate of drug-likeness (QED) is 0.778. The topological polar surface area (TPSA) is 49.8 Å². The van der Waals surface area contributed by atoms with E-state index in [2.05, 4.69) is 0 Å². The summed E-state index contributed by atoms with van der Waals surface area (Å²) in [5.74, 6) is -0.374. The molecule has 1 aliphatic rings. The van der Waals surface area contributed by atoms with E-state index in [9.17, 15) is 18.0 Å². The summed E-state index contributed by atoms with van der Waals surface area (Å²) in [4.78, 5) is 13.3. The first kappa shape index (κ1) is 16.2. The van der Waals surface area contributed by atoms with Crippen LogP contribution in [0.4, 0.5) is 13.2 Å². The van der Waals surface area contributed by atoms with Crippen molar-refractivity contribution in [2.45, 2.75) is 38.5 Å². The Morgan fingerprint density at radius 2 is 2.00 bits per heavy atom. The van der Waals surface area contributed by atoms with Gasteiger partial charge in [0.15, 0.2) is 6.10 Å².